The fourth-order valence-electron chi connectivity index (χ4n) is 4.80. The van der Waals surface area contributed by atoms with E-state index in [1.54, 1.807) is 0 Å². The van der Waals surface area contributed by atoms with Gasteiger partial charge in [-0.1, -0.05) is 26.2 Å². The monoisotopic (exact) mass is 324 g/mol. The van der Waals surface area contributed by atoms with E-state index in [1.165, 1.54) is 44.2 Å². The van der Waals surface area contributed by atoms with Gasteiger partial charge >= 0.3 is 0 Å². The molecule has 0 atom stereocenters. The Morgan fingerprint density at radius 1 is 0.783 bits per heavy atom. The maximum atomic E-state index is 13.4. The van der Waals surface area contributed by atoms with Gasteiger partial charge in [0.05, 0.1) is 0 Å². The van der Waals surface area contributed by atoms with Gasteiger partial charge in [0.1, 0.15) is 0 Å². The van der Waals surface area contributed by atoms with Crippen molar-refractivity contribution < 1.29 is 13.2 Å². The van der Waals surface area contributed by atoms with E-state index in [2.05, 4.69) is 6.92 Å². The van der Waals surface area contributed by atoms with Crippen molar-refractivity contribution in [2.24, 2.45) is 17.8 Å². The summed E-state index contributed by atoms with van der Waals surface area (Å²) in [5.41, 5.74) is 0.634. The van der Waals surface area contributed by atoms with E-state index in [1.807, 2.05) is 0 Å². The Morgan fingerprint density at radius 3 is 1.74 bits per heavy atom. The molecule has 2 aliphatic carbocycles. The Morgan fingerprint density at radius 2 is 1.26 bits per heavy atom. The Kier molecular flexibility index (Phi) is 5.33. The summed E-state index contributed by atoms with van der Waals surface area (Å²) in [6.45, 7) is 2.29. The molecule has 1 aromatic rings. The SMILES string of the molecule is CC[C@H]1CC[C@H]([C@H]2CC[C@H](c3cc(F)c(F)c(F)c3)CC2)CC1. The van der Waals surface area contributed by atoms with Crippen LogP contribution in [0.25, 0.3) is 0 Å². The van der Waals surface area contributed by atoms with Crippen molar-refractivity contribution in [1.82, 2.24) is 0 Å². The van der Waals surface area contributed by atoms with E-state index in [-0.39, 0.29) is 5.92 Å². The lowest BCUT2D eigenvalue weighted by atomic mass is 9.68. The molecule has 0 amide bonds. The molecule has 0 unspecified atom stereocenters. The van der Waals surface area contributed by atoms with Crippen LogP contribution in [0.15, 0.2) is 12.1 Å². The molecule has 1 aromatic carbocycles. The van der Waals surface area contributed by atoms with E-state index in [0.717, 1.165) is 43.4 Å². The summed E-state index contributed by atoms with van der Waals surface area (Å²) >= 11 is 0. The minimum absolute atomic E-state index is 0.183. The van der Waals surface area contributed by atoms with Crippen molar-refractivity contribution in [1.29, 1.82) is 0 Å². The van der Waals surface area contributed by atoms with Crippen LogP contribution in [0.4, 0.5) is 13.2 Å². The summed E-state index contributed by atoms with van der Waals surface area (Å²) in [5.74, 6) is -0.731. The van der Waals surface area contributed by atoms with E-state index < -0.39 is 17.5 Å². The normalized spacial score (nSPS) is 32.0. The fraction of sp³-hybridized carbons (Fsp3) is 0.700. The van der Waals surface area contributed by atoms with Gasteiger partial charge in [-0.15, -0.1) is 0 Å². The number of rotatable bonds is 3. The topological polar surface area (TPSA) is 0 Å². The second-order valence-electron chi connectivity index (χ2n) is 7.60. The molecule has 2 aliphatic rings. The van der Waals surface area contributed by atoms with E-state index >= 15 is 0 Å². The molecule has 0 nitrogen and oxygen atoms in total. The first-order valence-electron chi connectivity index (χ1n) is 9.22. The molecule has 0 spiro atoms. The minimum atomic E-state index is -1.35. The molecule has 0 radical (unpaired) electrons. The van der Waals surface area contributed by atoms with Crippen molar-refractivity contribution in [3.05, 3.63) is 35.1 Å². The van der Waals surface area contributed by atoms with Crippen LogP contribution in [0.5, 0.6) is 0 Å². The van der Waals surface area contributed by atoms with E-state index in [0.29, 0.717) is 5.56 Å². The second-order valence-corrected chi connectivity index (χ2v) is 7.60. The van der Waals surface area contributed by atoms with Gasteiger partial charge in [-0.2, -0.15) is 0 Å². The van der Waals surface area contributed by atoms with Crippen LogP contribution < -0.4 is 0 Å². The Bertz CT molecular complexity index is 501. The molecule has 2 saturated carbocycles. The molecule has 0 aliphatic heterocycles. The van der Waals surface area contributed by atoms with Crippen molar-refractivity contribution in [2.45, 2.75) is 70.6 Å². The van der Waals surface area contributed by atoms with Gasteiger partial charge < -0.3 is 0 Å². The van der Waals surface area contributed by atoms with Crippen molar-refractivity contribution in [3.63, 3.8) is 0 Å². The lowest BCUT2D eigenvalue weighted by Gasteiger charge is -2.38. The molecule has 0 heterocycles. The largest absolute Gasteiger partial charge is 0.204 e. The number of hydrogen-bond donors (Lipinski definition) is 0. The molecule has 3 heteroatoms. The average molecular weight is 324 g/mol. The molecular formula is C20H27F3. The van der Waals surface area contributed by atoms with Crippen molar-refractivity contribution >= 4 is 0 Å². The standard InChI is InChI=1S/C20H27F3/c1-2-13-3-5-14(6-4-13)15-7-9-16(10-8-15)17-11-18(21)20(23)19(22)12-17/h11-16H,2-10H2,1H3/t13-,14-,15-,16-. The van der Waals surface area contributed by atoms with Crippen molar-refractivity contribution in [2.75, 3.05) is 0 Å². The number of benzene rings is 1. The molecule has 23 heavy (non-hydrogen) atoms. The smallest absolute Gasteiger partial charge is 0.194 e. The highest BCUT2D eigenvalue weighted by atomic mass is 19.2. The Balaban J connectivity index is 1.56. The Labute approximate surface area is 137 Å². The first kappa shape index (κ1) is 16.9. The van der Waals surface area contributed by atoms with Crippen molar-refractivity contribution in [3.8, 4) is 0 Å². The van der Waals surface area contributed by atoms with Crippen LogP contribution in [-0.4, -0.2) is 0 Å². The van der Waals surface area contributed by atoms with Gasteiger partial charge in [0.2, 0.25) is 0 Å². The molecule has 0 saturated heterocycles. The van der Waals surface area contributed by atoms with Gasteiger partial charge in [0, 0.05) is 0 Å². The molecule has 0 N–H and O–H groups in total. The first-order chi connectivity index (χ1) is 11.1. The van der Waals surface area contributed by atoms with Crippen LogP contribution in [0.3, 0.4) is 0 Å². The highest BCUT2D eigenvalue weighted by Gasteiger charge is 2.31. The van der Waals surface area contributed by atoms with Gasteiger partial charge in [-0.05, 0) is 79.9 Å². The van der Waals surface area contributed by atoms with Crippen LogP contribution in [0.1, 0.15) is 76.2 Å². The first-order valence-corrected chi connectivity index (χ1v) is 9.22. The average Bonchev–Trinajstić information content (AvgIpc) is 2.59. The second kappa shape index (κ2) is 7.27. The zero-order valence-electron chi connectivity index (χ0n) is 14.0. The maximum Gasteiger partial charge on any atom is 0.194 e. The molecule has 0 bridgehead atoms. The summed E-state index contributed by atoms with van der Waals surface area (Å²) < 4.78 is 39.9. The van der Waals surface area contributed by atoms with Crippen LogP contribution in [-0.2, 0) is 0 Å². The quantitative estimate of drug-likeness (QED) is 0.550. The lowest BCUT2D eigenvalue weighted by molar-refractivity contribution is 0.158. The molecule has 128 valence electrons. The summed E-state index contributed by atoms with van der Waals surface area (Å²) in [6, 6.07) is 2.38. The van der Waals surface area contributed by atoms with Crippen LogP contribution in [0.2, 0.25) is 0 Å². The third kappa shape index (κ3) is 3.75. The highest BCUT2D eigenvalue weighted by Crippen LogP contribution is 2.44. The third-order valence-corrected chi connectivity index (χ3v) is 6.38. The van der Waals surface area contributed by atoms with E-state index in [9.17, 15) is 13.2 Å². The van der Waals surface area contributed by atoms with Gasteiger partial charge in [-0.25, -0.2) is 13.2 Å². The number of halogens is 3. The van der Waals surface area contributed by atoms with Gasteiger partial charge in [0.15, 0.2) is 17.5 Å². The minimum Gasteiger partial charge on any atom is -0.204 e. The highest BCUT2D eigenvalue weighted by molar-refractivity contribution is 5.23. The fourth-order valence-corrected chi connectivity index (χ4v) is 4.80. The summed E-state index contributed by atoms with van der Waals surface area (Å²) in [6.07, 6.45) is 11.0. The molecule has 3 rings (SSSR count). The Hall–Kier alpha value is -0.990. The maximum absolute atomic E-state index is 13.4. The summed E-state index contributed by atoms with van der Waals surface area (Å²) in [5, 5.41) is 0. The van der Waals surface area contributed by atoms with Gasteiger partial charge in [-0.3, -0.25) is 0 Å². The zero-order valence-corrected chi connectivity index (χ0v) is 14.0. The van der Waals surface area contributed by atoms with Gasteiger partial charge in [0.25, 0.3) is 0 Å². The molecule has 0 aromatic heterocycles. The third-order valence-electron chi connectivity index (χ3n) is 6.38. The lowest BCUT2D eigenvalue weighted by Crippen LogP contribution is -2.25. The molecule has 2 fully saturated rings. The van der Waals surface area contributed by atoms with Crippen LogP contribution in [0, 0.1) is 35.2 Å². The van der Waals surface area contributed by atoms with E-state index in [4.69, 9.17) is 0 Å². The zero-order chi connectivity index (χ0) is 16.4. The summed E-state index contributed by atoms with van der Waals surface area (Å²) in [7, 11) is 0. The molecular weight excluding hydrogens is 297 g/mol. The predicted octanol–water partition coefficient (Wildman–Crippen LogP) is 6.59. The van der Waals surface area contributed by atoms with Crippen LogP contribution >= 0.6 is 0 Å². The summed E-state index contributed by atoms with van der Waals surface area (Å²) in [4.78, 5) is 0. The number of hydrogen-bond acceptors (Lipinski definition) is 0. The predicted molar refractivity (Wildman–Crippen MR) is 86.8 cm³/mol.